The molecule has 6 nitrogen and oxygen atoms in total. The highest BCUT2D eigenvalue weighted by molar-refractivity contribution is 5.63. The molecule has 1 unspecified atom stereocenters. The fraction of sp³-hybridized carbons (Fsp3) is 0.250. The molecule has 0 bridgehead atoms. The maximum Gasteiger partial charge on any atom is 0.423 e. The summed E-state index contributed by atoms with van der Waals surface area (Å²) in [5.74, 6) is 0. The van der Waals surface area contributed by atoms with Gasteiger partial charge in [-0.2, -0.15) is 18.3 Å². The summed E-state index contributed by atoms with van der Waals surface area (Å²) in [5.41, 5.74) is 1.03. The number of aromatic amines is 1. The van der Waals surface area contributed by atoms with Gasteiger partial charge in [0.2, 0.25) is 0 Å². The molecule has 4 rings (SSSR count). The highest BCUT2D eigenvalue weighted by Crippen LogP contribution is 2.39. The molecule has 3 aromatic rings. The lowest BCUT2D eigenvalue weighted by Crippen LogP contribution is -2.28. The molecule has 1 atom stereocenters. The van der Waals surface area contributed by atoms with Crippen LogP contribution in [0.5, 0.6) is 0 Å². The number of pyridine rings is 1. The maximum atomic E-state index is 13.4. The van der Waals surface area contributed by atoms with E-state index in [-0.39, 0.29) is 24.8 Å². The number of aromatic nitrogens is 3. The number of rotatable bonds is 4. The summed E-state index contributed by atoms with van der Waals surface area (Å²) in [4.78, 5) is 17.3. The Balaban J connectivity index is 1.64. The molecule has 150 valence electrons. The monoisotopic (exact) mass is 401 g/mol. The topological polar surface area (TPSA) is 73.9 Å². The van der Waals surface area contributed by atoms with E-state index >= 15 is 0 Å². The predicted molar refractivity (Wildman–Crippen MR) is 102 cm³/mol. The molecule has 1 aliphatic rings. The van der Waals surface area contributed by atoms with Crippen molar-refractivity contribution in [3.63, 3.8) is 0 Å². The summed E-state index contributed by atoms with van der Waals surface area (Å²) < 4.78 is 40.3. The van der Waals surface area contributed by atoms with E-state index in [1.54, 1.807) is 12.4 Å². The third-order valence-corrected chi connectivity index (χ3v) is 5.02. The summed E-state index contributed by atoms with van der Waals surface area (Å²) in [6, 6.07) is 9.46. The Morgan fingerprint density at radius 3 is 2.66 bits per heavy atom. The number of halogens is 3. The fourth-order valence-corrected chi connectivity index (χ4v) is 3.60. The molecule has 0 radical (unpaired) electrons. The van der Waals surface area contributed by atoms with Crippen molar-refractivity contribution >= 4 is 11.4 Å². The average Bonchev–Trinajstić information content (AvgIpc) is 3.13. The van der Waals surface area contributed by atoms with Crippen molar-refractivity contribution in [3.05, 3.63) is 81.5 Å². The summed E-state index contributed by atoms with van der Waals surface area (Å²) in [6.07, 6.45) is -0.285. The number of nitrogens with one attached hydrogen (secondary N) is 2. The molecule has 1 aromatic carbocycles. The second kappa shape index (κ2) is 7.23. The molecule has 0 spiro atoms. The van der Waals surface area contributed by atoms with Gasteiger partial charge in [-0.3, -0.25) is 9.78 Å². The van der Waals surface area contributed by atoms with Crippen LogP contribution in [0.1, 0.15) is 35.2 Å². The number of hydrogen-bond acceptors (Lipinski definition) is 5. The summed E-state index contributed by atoms with van der Waals surface area (Å²) in [5, 5.41) is 8.88. The number of H-pyrrole nitrogens is 1. The molecular weight excluding hydrogens is 383 g/mol. The van der Waals surface area contributed by atoms with Crippen LogP contribution in [-0.2, 0) is 19.3 Å². The maximum absolute atomic E-state index is 13.4. The van der Waals surface area contributed by atoms with Crippen molar-refractivity contribution in [2.75, 3.05) is 10.2 Å². The molecular formula is C20H18F3N5O. The van der Waals surface area contributed by atoms with Crippen LogP contribution in [0.3, 0.4) is 0 Å². The quantitative estimate of drug-likeness (QED) is 0.694. The van der Waals surface area contributed by atoms with Crippen molar-refractivity contribution in [3.8, 4) is 0 Å². The van der Waals surface area contributed by atoms with Gasteiger partial charge < -0.3 is 10.2 Å². The van der Waals surface area contributed by atoms with Gasteiger partial charge in [0.05, 0.1) is 11.9 Å². The Morgan fingerprint density at radius 1 is 1.17 bits per heavy atom. The number of anilines is 2. The van der Waals surface area contributed by atoms with Crippen LogP contribution >= 0.6 is 0 Å². The van der Waals surface area contributed by atoms with Gasteiger partial charge in [0, 0.05) is 37.2 Å². The summed E-state index contributed by atoms with van der Waals surface area (Å²) >= 11 is 0. The molecule has 1 aliphatic heterocycles. The van der Waals surface area contributed by atoms with Crippen LogP contribution in [0.15, 0.2) is 53.7 Å². The molecule has 2 N–H and O–H groups in total. The smallest absolute Gasteiger partial charge is 0.378 e. The molecule has 3 heterocycles. The SMILES string of the molecule is CC(Nc1cccc2c1CN(c1cn[nH]c(=O)c1C(F)(F)F)C2)c1ccncc1. The zero-order valence-corrected chi connectivity index (χ0v) is 15.5. The molecule has 29 heavy (non-hydrogen) atoms. The number of benzene rings is 1. The Labute approximate surface area is 164 Å². The van der Waals surface area contributed by atoms with E-state index < -0.39 is 17.3 Å². The third kappa shape index (κ3) is 3.67. The van der Waals surface area contributed by atoms with Crippen LogP contribution in [0.25, 0.3) is 0 Å². The minimum atomic E-state index is -4.77. The van der Waals surface area contributed by atoms with Crippen molar-refractivity contribution in [1.82, 2.24) is 15.2 Å². The summed E-state index contributed by atoms with van der Waals surface area (Å²) in [6.45, 7) is 2.52. The van der Waals surface area contributed by atoms with Gasteiger partial charge in [0.1, 0.15) is 5.56 Å². The van der Waals surface area contributed by atoms with Gasteiger partial charge in [-0.1, -0.05) is 12.1 Å². The van der Waals surface area contributed by atoms with E-state index in [1.165, 1.54) is 4.90 Å². The fourth-order valence-electron chi connectivity index (χ4n) is 3.60. The Morgan fingerprint density at radius 2 is 1.93 bits per heavy atom. The zero-order chi connectivity index (χ0) is 20.6. The highest BCUT2D eigenvalue weighted by atomic mass is 19.4. The first-order valence-corrected chi connectivity index (χ1v) is 9.01. The lowest BCUT2D eigenvalue weighted by atomic mass is 10.1. The molecule has 0 fully saturated rings. The van der Waals surface area contributed by atoms with Crippen molar-refractivity contribution in [1.29, 1.82) is 0 Å². The van der Waals surface area contributed by atoms with E-state index in [0.717, 1.165) is 28.6 Å². The highest BCUT2D eigenvalue weighted by Gasteiger charge is 2.39. The molecule has 0 saturated carbocycles. The van der Waals surface area contributed by atoms with Crippen LogP contribution < -0.4 is 15.8 Å². The van der Waals surface area contributed by atoms with E-state index in [1.807, 2.05) is 42.4 Å². The van der Waals surface area contributed by atoms with E-state index in [9.17, 15) is 18.0 Å². The van der Waals surface area contributed by atoms with Crippen LogP contribution in [0.2, 0.25) is 0 Å². The van der Waals surface area contributed by atoms with Gasteiger partial charge in [-0.15, -0.1) is 0 Å². The average molecular weight is 401 g/mol. The van der Waals surface area contributed by atoms with Gasteiger partial charge in [-0.05, 0) is 41.8 Å². The molecule has 0 amide bonds. The van der Waals surface area contributed by atoms with E-state index in [4.69, 9.17) is 0 Å². The number of fused-ring (bicyclic) bond motifs is 1. The van der Waals surface area contributed by atoms with Crippen LogP contribution in [0, 0.1) is 0 Å². The Kier molecular flexibility index (Phi) is 4.73. The van der Waals surface area contributed by atoms with Gasteiger partial charge in [0.25, 0.3) is 5.56 Å². The molecule has 0 saturated heterocycles. The Bertz CT molecular complexity index is 1080. The summed E-state index contributed by atoms with van der Waals surface area (Å²) in [7, 11) is 0. The zero-order valence-electron chi connectivity index (χ0n) is 15.5. The van der Waals surface area contributed by atoms with Crippen molar-refractivity contribution < 1.29 is 13.2 Å². The van der Waals surface area contributed by atoms with Crippen molar-refractivity contribution in [2.24, 2.45) is 0 Å². The normalized spacial score (nSPS) is 14.6. The van der Waals surface area contributed by atoms with Crippen LogP contribution in [-0.4, -0.2) is 15.2 Å². The first-order valence-electron chi connectivity index (χ1n) is 9.01. The third-order valence-electron chi connectivity index (χ3n) is 5.02. The second-order valence-electron chi connectivity index (χ2n) is 6.90. The lowest BCUT2D eigenvalue weighted by Gasteiger charge is -2.21. The second-order valence-corrected chi connectivity index (χ2v) is 6.90. The first kappa shape index (κ1) is 19.0. The number of alkyl halides is 3. The predicted octanol–water partition coefficient (Wildman–Crippen LogP) is 3.88. The van der Waals surface area contributed by atoms with Crippen LogP contribution in [0.4, 0.5) is 24.5 Å². The van der Waals surface area contributed by atoms with Gasteiger partial charge in [-0.25, -0.2) is 5.10 Å². The lowest BCUT2D eigenvalue weighted by molar-refractivity contribution is -0.138. The standard InChI is InChI=1S/C20H18F3N5O/c1-12(13-5-7-24-8-6-13)26-16-4-2-3-14-10-28(11-15(14)16)17-9-25-27-19(29)18(17)20(21,22)23/h2-9,12,26H,10-11H2,1H3,(H,27,29). The number of nitrogens with zero attached hydrogens (tertiary/aromatic N) is 3. The molecule has 0 aliphatic carbocycles. The first-order chi connectivity index (χ1) is 13.8. The molecule has 2 aromatic heterocycles. The Hall–Kier alpha value is -3.36. The minimum Gasteiger partial charge on any atom is -0.378 e. The van der Waals surface area contributed by atoms with E-state index in [0.29, 0.717) is 0 Å². The van der Waals surface area contributed by atoms with Crippen molar-refractivity contribution in [2.45, 2.75) is 32.2 Å². The minimum absolute atomic E-state index is 0.00878. The number of hydrogen-bond donors (Lipinski definition) is 2. The molecule has 9 heteroatoms. The van der Waals surface area contributed by atoms with Gasteiger partial charge in [0.15, 0.2) is 0 Å². The van der Waals surface area contributed by atoms with E-state index in [2.05, 4.69) is 15.4 Å². The van der Waals surface area contributed by atoms with Gasteiger partial charge >= 0.3 is 6.18 Å². The largest absolute Gasteiger partial charge is 0.423 e.